The van der Waals surface area contributed by atoms with Gasteiger partial charge in [0.1, 0.15) is 11.9 Å². The van der Waals surface area contributed by atoms with Crippen LogP contribution in [0.5, 0.6) is 0 Å². The lowest BCUT2D eigenvalue weighted by atomic mass is 9.87. The van der Waals surface area contributed by atoms with Gasteiger partial charge in [0, 0.05) is 29.7 Å². The van der Waals surface area contributed by atoms with Gasteiger partial charge in [0.05, 0.1) is 0 Å². The number of aromatic nitrogens is 2. The second-order valence-corrected chi connectivity index (χ2v) is 6.70. The predicted molar refractivity (Wildman–Crippen MR) is 88.5 cm³/mol. The third-order valence-corrected chi connectivity index (χ3v) is 4.43. The SMILES string of the molecule is Cn1c(=O)[nH]c(N2CC(C)(C)c3cc(Cl)ccc32)c(C#N)c1=O. The van der Waals surface area contributed by atoms with Crippen LogP contribution in [-0.4, -0.2) is 16.1 Å². The van der Waals surface area contributed by atoms with Crippen molar-refractivity contribution < 1.29 is 0 Å². The zero-order valence-corrected chi connectivity index (χ0v) is 13.7. The van der Waals surface area contributed by atoms with Crippen molar-refractivity contribution in [2.45, 2.75) is 19.3 Å². The molecule has 1 aliphatic heterocycles. The fourth-order valence-electron chi connectivity index (χ4n) is 2.96. The van der Waals surface area contributed by atoms with E-state index in [9.17, 15) is 14.9 Å². The fraction of sp³-hybridized carbons (Fsp3) is 0.312. The van der Waals surface area contributed by atoms with Gasteiger partial charge in [-0.05, 0) is 23.8 Å². The molecule has 2 heterocycles. The predicted octanol–water partition coefficient (Wildman–Crippen LogP) is 2.03. The number of nitrogens with one attached hydrogen (secondary N) is 1. The summed E-state index contributed by atoms with van der Waals surface area (Å²) in [7, 11) is 1.34. The van der Waals surface area contributed by atoms with Crippen molar-refractivity contribution in [1.82, 2.24) is 9.55 Å². The van der Waals surface area contributed by atoms with E-state index >= 15 is 0 Å². The molecule has 1 aliphatic rings. The summed E-state index contributed by atoms with van der Waals surface area (Å²) >= 11 is 6.09. The van der Waals surface area contributed by atoms with Crippen molar-refractivity contribution in [3.8, 4) is 6.07 Å². The highest BCUT2D eigenvalue weighted by Gasteiger charge is 2.37. The molecule has 23 heavy (non-hydrogen) atoms. The van der Waals surface area contributed by atoms with Crippen molar-refractivity contribution in [2.75, 3.05) is 11.4 Å². The van der Waals surface area contributed by atoms with Crippen LogP contribution < -0.4 is 16.1 Å². The summed E-state index contributed by atoms with van der Waals surface area (Å²) in [5, 5.41) is 9.99. The molecular weight excluding hydrogens is 316 g/mol. The first-order valence-electron chi connectivity index (χ1n) is 7.07. The zero-order chi connectivity index (χ0) is 16.9. The molecule has 0 radical (unpaired) electrons. The molecule has 0 aliphatic carbocycles. The molecule has 3 rings (SSSR count). The maximum Gasteiger partial charge on any atom is 0.329 e. The Morgan fingerprint density at radius 2 is 2.04 bits per heavy atom. The molecule has 0 amide bonds. The Hall–Kier alpha value is -2.52. The first-order valence-corrected chi connectivity index (χ1v) is 7.45. The maximum absolute atomic E-state index is 12.2. The second-order valence-electron chi connectivity index (χ2n) is 6.26. The average Bonchev–Trinajstić information content (AvgIpc) is 2.76. The van der Waals surface area contributed by atoms with E-state index in [1.807, 2.05) is 32.0 Å². The molecule has 6 nitrogen and oxygen atoms in total. The molecule has 1 aromatic carbocycles. The van der Waals surface area contributed by atoms with Crippen molar-refractivity contribution >= 4 is 23.1 Å². The van der Waals surface area contributed by atoms with Crippen LogP contribution in [0.1, 0.15) is 25.0 Å². The lowest BCUT2D eigenvalue weighted by Gasteiger charge is -2.22. The summed E-state index contributed by atoms with van der Waals surface area (Å²) in [6.45, 7) is 4.63. The van der Waals surface area contributed by atoms with Gasteiger partial charge in [-0.15, -0.1) is 0 Å². The summed E-state index contributed by atoms with van der Waals surface area (Å²) in [6.07, 6.45) is 0. The van der Waals surface area contributed by atoms with Gasteiger partial charge in [-0.3, -0.25) is 14.3 Å². The summed E-state index contributed by atoms with van der Waals surface area (Å²) in [6, 6.07) is 7.37. The number of anilines is 2. The number of halogens is 1. The Balaban J connectivity index is 2.30. The molecular formula is C16H15ClN4O2. The number of aromatic amines is 1. The van der Waals surface area contributed by atoms with Gasteiger partial charge in [0.15, 0.2) is 5.56 Å². The quantitative estimate of drug-likeness (QED) is 0.867. The molecule has 0 fully saturated rings. The molecule has 118 valence electrons. The van der Waals surface area contributed by atoms with E-state index in [2.05, 4.69) is 4.98 Å². The van der Waals surface area contributed by atoms with Crippen molar-refractivity contribution in [3.63, 3.8) is 0 Å². The van der Waals surface area contributed by atoms with Gasteiger partial charge >= 0.3 is 5.69 Å². The summed E-state index contributed by atoms with van der Waals surface area (Å²) in [5.74, 6) is 0.231. The van der Waals surface area contributed by atoms with Gasteiger partial charge in [-0.1, -0.05) is 25.4 Å². The monoisotopic (exact) mass is 330 g/mol. The summed E-state index contributed by atoms with van der Waals surface area (Å²) < 4.78 is 0.895. The van der Waals surface area contributed by atoms with Crippen LogP contribution in [0.15, 0.2) is 27.8 Å². The Morgan fingerprint density at radius 1 is 1.35 bits per heavy atom. The number of nitriles is 1. The third kappa shape index (κ3) is 2.25. The number of nitrogens with zero attached hydrogens (tertiary/aromatic N) is 3. The normalized spacial score (nSPS) is 15.3. The fourth-order valence-corrected chi connectivity index (χ4v) is 3.14. The lowest BCUT2D eigenvalue weighted by Crippen LogP contribution is -2.37. The van der Waals surface area contributed by atoms with Crippen LogP contribution >= 0.6 is 11.6 Å². The van der Waals surface area contributed by atoms with Gasteiger partial charge < -0.3 is 4.90 Å². The molecule has 2 aromatic rings. The minimum atomic E-state index is -0.605. The number of benzene rings is 1. The molecule has 0 spiro atoms. The first-order chi connectivity index (χ1) is 10.8. The van der Waals surface area contributed by atoms with E-state index in [0.717, 1.165) is 15.8 Å². The second kappa shape index (κ2) is 5.00. The van der Waals surface area contributed by atoms with Crippen LogP contribution in [0.25, 0.3) is 0 Å². The third-order valence-electron chi connectivity index (χ3n) is 4.20. The largest absolute Gasteiger partial charge is 0.329 e. The Bertz CT molecular complexity index is 966. The molecule has 0 saturated carbocycles. The molecule has 0 atom stereocenters. The van der Waals surface area contributed by atoms with E-state index < -0.39 is 11.2 Å². The number of rotatable bonds is 1. The smallest absolute Gasteiger partial charge is 0.325 e. The van der Waals surface area contributed by atoms with Crippen LogP contribution in [0, 0.1) is 11.3 Å². The Kier molecular flexibility index (Phi) is 3.34. The molecule has 7 heteroatoms. The van der Waals surface area contributed by atoms with Gasteiger partial charge in [0.25, 0.3) is 5.56 Å². The van der Waals surface area contributed by atoms with E-state index in [-0.39, 0.29) is 16.8 Å². The number of H-pyrrole nitrogens is 1. The highest BCUT2D eigenvalue weighted by atomic mass is 35.5. The topological polar surface area (TPSA) is 81.9 Å². The van der Waals surface area contributed by atoms with E-state index in [4.69, 9.17) is 11.6 Å². The van der Waals surface area contributed by atoms with Crippen LogP contribution in [0.2, 0.25) is 5.02 Å². The lowest BCUT2D eigenvalue weighted by molar-refractivity contribution is 0.566. The van der Waals surface area contributed by atoms with Crippen LogP contribution in [0.3, 0.4) is 0 Å². The molecule has 0 unspecified atom stereocenters. The van der Waals surface area contributed by atoms with Crippen LogP contribution in [-0.2, 0) is 12.5 Å². The van der Waals surface area contributed by atoms with E-state index in [1.54, 1.807) is 11.0 Å². The van der Waals surface area contributed by atoms with E-state index in [0.29, 0.717) is 11.6 Å². The van der Waals surface area contributed by atoms with Crippen LogP contribution in [0.4, 0.5) is 11.5 Å². The number of hydrogen-bond donors (Lipinski definition) is 1. The average molecular weight is 331 g/mol. The zero-order valence-electron chi connectivity index (χ0n) is 13.0. The summed E-state index contributed by atoms with van der Waals surface area (Å²) in [5.41, 5.74) is 0.377. The van der Waals surface area contributed by atoms with Crippen molar-refractivity contribution in [1.29, 1.82) is 5.26 Å². The summed E-state index contributed by atoms with van der Waals surface area (Å²) in [4.78, 5) is 28.6. The number of hydrogen-bond acceptors (Lipinski definition) is 4. The van der Waals surface area contributed by atoms with Gasteiger partial charge in [-0.2, -0.15) is 5.26 Å². The molecule has 1 N–H and O–H groups in total. The Morgan fingerprint density at radius 3 is 2.70 bits per heavy atom. The number of fused-ring (bicyclic) bond motifs is 1. The first kappa shape index (κ1) is 15.4. The van der Waals surface area contributed by atoms with Gasteiger partial charge in [0.2, 0.25) is 0 Å². The standard InChI is InChI=1S/C16H15ClN4O2/c1-16(2)8-21(12-5-4-9(17)6-11(12)16)13-10(7-18)14(22)20(3)15(23)19-13/h4-6H,8H2,1-3H3,(H,19,23). The minimum absolute atomic E-state index is 0.0781. The molecule has 0 bridgehead atoms. The molecule has 0 saturated heterocycles. The maximum atomic E-state index is 12.2. The van der Waals surface area contributed by atoms with E-state index in [1.165, 1.54) is 7.05 Å². The highest BCUT2D eigenvalue weighted by molar-refractivity contribution is 6.30. The Labute approximate surface area is 137 Å². The molecule has 1 aromatic heterocycles. The van der Waals surface area contributed by atoms with Gasteiger partial charge in [-0.25, -0.2) is 4.79 Å². The van der Waals surface area contributed by atoms with Crippen molar-refractivity contribution in [2.24, 2.45) is 7.05 Å². The highest BCUT2D eigenvalue weighted by Crippen LogP contribution is 2.44. The minimum Gasteiger partial charge on any atom is -0.325 e. The van der Waals surface area contributed by atoms with Crippen molar-refractivity contribution in [3.05, 3.63) is 55.2 Å².